The fourth-order valence-electron chi connectivity index (χ4n) is 2.36. The van der Waals surface area contributed by atoms with Crippen LogP contribution in [0.1, 0.15) is 28.8 Å². The molecule has 1 aliphatic rings. The number of hydrogen-bond donors (Lipinski definition) is 0. The van der Waals surface area contributed by atoms with Crippen molar-refractivity contribution >= 4 is 22.7 Å². The molecule has 0 aliphatic carbocycles. The molecule has 0 radical (unpaired) electrons. The molecule has 0 aromatic carbocycles. The first kappa shape index (κ1) is 11.3. The Kier molecular flexibility index (Phi) is 3.49. The highest BCUT2D eigenvalue weighted by atomic mass is 32.1. The molecule has 0 spiro atoms. The molecule has 5 heteroatoms. The van der Waals surface area contributed by atoms with Gasteiger partial charge < -0.3 is 0 Å². The van der Waals surface area contributed by atoms with Gasteiger partial charge in [0.15, 0.2) is 0 Å². The van der Waals surface area contributed by atoms with Crippen molar-refractivity contribution in [2.45, 2.75) is 25.3 Å². The number of piperidine rings is 1. The number of likely N-dealkylation sites (tertiary alicyclic amines) is 1. The summed E-state index contributed by atoms with van der Waals surface area (Å²) in [7, 11) is 0. The van der Waals surface area contributed by atoms with Crippen LogP contribution in [0, 0.1) is 0 Å². The number of aromatic nitrogens is 2. The van der Waals surface area contributed by atoms with Gasteiger partial charge in [-0.1, -0.05) is 0 Å². The highest BCUT2D eigenvalue weighted by molar-refractivity contribution is 7.09. The Balaban J connectivity index is 1.64. The van der Waals surface area contributed by atoms with Gasteiger partial charge >= 0.3 is 0 Å². The quantitative estimate of drug-likeness (QED) is 0.854. The van der Waals surface area contributed by atoms with E-state index in [1.807, 2.05) is 12.4 Å². The second-order valence-electron chi connectivity index (χ2n) is 4.37. The largest absolute Gasteiger partial charge is 0.296 e. The lowest BCUT2D eigenvalue weighted by molar-refractivity contribution is 0.200. The van der Waals surface area contributed by atoms with E-state index in [4.69, 9.17) is 0 Å². The van der Waals surface area contributed by atoms with E-state index in [2.05, 4.69) is 25.6 Å². The van der Waals surface area contributed by atoms with Crippen LogP contribution in [0.3, 0.4) is 0 Å². The molecular formula is C12H15N3S2. The molecule has 0 amide bonds. The standard InChI is InChI=1S/C12H15N3S2/c1-2-10(12-14-4-7-17-12)8-15(5-1)9-11-13-3-6-16-11/h3-4,6-7,10H,1-2,5,8-9H2/t10-/m1/s1. The van der Waals surface area contributed by atoms with E-state index < -0.39 is 0 Å². The summed E-state index contributed by atoms with van der Waals surface area (Å²) >= 11 is 3.54. The zero-order valence-corrected chi connectivity index (χ0v) is 11.2. The fourth-order valence-corrected chi connectivity index (χ4v) is 3.78. The molecule has 1 atom stereocenters. The van der Waals surface area contributed by atoms with Crippen molar-refractivity contribution in [3.8, 4) is 0 Å². The third-order valence-corrected chi connectivity index (χ3v) is 4.85. The lowest BCUT2D eigenvalue weighted by atomic mass is 9.99. The van der Waals surface area contributed by atoms with Crippen LogP contribution in [-0.4, -0.2) is 28.0 Å². The number of rotatable bonds is 3. The first-order valence-electron chi connectivity index (χ1n) is 5.92. The summed E-state index contributed by atoms with van der Waals surface area (Å²) in [5.41, 5.74) is 0. The average Bonchev–Trinajstić information content (AvgIpc) is 3.01. The van der Waals surface area contributed by atoms with Gasteiger partial charge in [0.25, 0.3) is 0 Å². The van der Waals surface area contributed by atoms with Crippen LogP contribution in [0.2, 0.25) is 0 Å². The summed E-state index contributed by atoms with van der Waals surface area (Å²) in [6, 6.07) is 0. The smallest absolute Gasteiger partial charge is 0.107 e. The fraction of sp³-hybridized carbons (Fsp3) is 0.500. The normalized spacial score (nSPS) is 21.8. The van der Waals surface area contributed by atoms with Crippen LogP contribution in [-0.2, 0) is 6.54 Å². The maximum atomic E-state index is 4.45. The molecule has 0 N–H and O–H groups in total. The second kappa shape index (κ2) is 5.25. The predicted molar refractivity (Wildman–Crippen MR) is 71.5 cm³/mol. The lowest BCUT2D eigenvalue weighted by Gasteiger charge is -2.31. The topological polar surface area (TPSA) is 29.0 Å². The molecule has 0 unspecified atom stereocenters. The molecule has 1 fully saturated rings. The van der Waals surface area contributed by atoms with E-state index in [1.54, 1.807) is 22.7 Å². The van der Waals surface area contributed by atoms with Gasteiger partial charge in [0.1, 0.15) is 5.01 Å². The van der Waals surface area contributed by atoms with Crippen LogP contribution in [0.4, 0.5) is 0 Å². The summed E-state index contributed by atoms with van der Waals surface area (Å²) in [4.78, 5) is 11.3. The van der Waals surface area contributed by atoms with Crippen LogP contribution >= 0.6 is 22.7 Å². The minimum absolute atomic E-state index is 0.628. The molecule has 3 heterocycles. The van der Waals surface area contributed by atoms with Crippen LogP contribution in [0.5, 0.6) is 0 Å². The molecule has 17 heavy (non-hydrogen) atoms. The molecule has 3 nitrogen and oxygen atoms in total. The van der Waals surface area contributed by atoms with E-state index >= 15 is 0 Å². The summed E-state index contributed by atoms with van der Waals surface area (Å²) in [6.07, 6.45) is 6.36. The Labute approximate surface area is 109 Å². The zero-order chi connectivity index (χ0) is 11.5. The van der Waals surface area contributed by atoms with E-state index in [0.717, 1.165) is 13.1 Å². The van der Waals surface area contributed by atoms with E-state index in [-0.39, 0.29) is 0 Å². The highest BCUT2D eigenvalue weighted by Crippen LogP contribution is 2.28. The first-order valence-corrected chi connectivity index (χ1v) is 7.68. The maximum Gasteiger partial charge on any atom is 0.107 e. The van der Waals surface area contributed by atoms with Gasteiger partial charge in [0.05, 0.1) is 11.6 Å². The Morgan fingerprint density at radius 3 is 2.88 bits per heavy atom. The Bertz CT molecular complexity index is 438. The van der Waals surface area contributed by atoms with Gasteiger partial charge in [-0.3, -0.25) is 4.90 Å². The van der Waals surface area contributed by atoms with Crippen LogP contribution in [0.15, 0.2) is 23.2 Å². The van der Waals surface area contributed by atoms with Gasteiger partial charge in [-0.15, -0.1) is 22.7 Å². The van der Waals surface area contributed by atoms with Crippen molar-refractivity contribution in [2.75, 3.05) is 13.1 Å². The second-order valence-corrected chi connectivity index (χ2v) is 6.28. The first-order chi connectivity index (χ1) is 8.42. The minimum Gasteiger partial charge on any atom is -0.296 e. The molecule has 2 aromatic heterocycles. The predicted octanol–water partition coefficient (Wildman–Crippen LogP) is 2.98. The van der Waals surface area contributed by atoms with Crippen LogP contribution < -0.4 is 0 Å². The summed E-state index contributed by atoms with van der Waals surface area (Å²) in [6.45, 7) is 3.33. The summed E-state index contributed by atoms with van der Waals surface area (Å²) in [5, 5.41) is 6.66. The van der Waals surface area contributed by atoms with Crippen molar-refractivity contribution in [1.82, 2.24) is 14.9 Å². The molecule has 90 valence electrons. The summed E-state index contributed by atoms with van der Waals surface area (Å²) in [5.74, 6) is 0.628. The van der Waals surface area contributed by atoms with Crippen molar-refractivity contribution in [3.05, 3.63) is 33.2 Å². The minimum atomic E-state index is 0.628. The Morgan fingerprint density at radius 1 is 1.24 bits per heavy atom. The van der Waals surface area contributed by atoms with E-state index in [9.17, 15) is 0 Å². The highest BCUT2D eigenvalue weighted by Gasteiger charge is 2.23. The van der Waals surface area contributed by atoms with Gasteiger partial charge in [0, 0.05) is 35.6 Å². The number of nitrogens with zero attached hydrogens (tertiary/aromatic N) is 3. The molecule has 1 saturated heterocycles. The van der Waals surface area contributed by atoms with Crippen molar-refractivity contribution in [3.63, 3.8) is 0 Å². The van der Waals surface area contributed by atoms with E-state index in [0.29, 0.717) is 5.92 Å². The number of thiazole rings is 2. The van der Waals surface area contributed by atoms with Gasteiger partial charge in [-0.2, -0.15) is 0 Å². The maximum absolute atomic E-state index is 4.45. The SMILES string of the molecule is c1csc(CN2CCC[C@@H](c3nccs3)C2)n1. The lowest BCUT2D eigenvalue weighted by Crippen LogP contribution is -2.33. The average molecular weight is 265 g/mol. The monoisotopic (exact) mass is 265 g/mol. The summed E-state index contributed by atoms with van der Waals surface area (Å²) < 4.78 is 0. The van der Waals surface area contributed by atoms with Crippen molar-refractivity contribution in [1.29, 1.82) is 0 Å². The Morgan fingerprint density at radius 2 is 2.12 bits per heavy atom. The molecule has 3 rings (SSSR count). The zero-order valence-electron chi connectivity index (χ0n) is 9.58. The Hall–Kier alpha value is -0.780. The molecule has 2 aromatic rings. The number of hydrogen-bond acceptors (Lipinski definition) is 5. The third kappa shape index (κ3) is 2.73. The van der Waals surface area contributed by atoms with Gasteiger partial charge in [0.2, 0.25) is 0 Å². The molecule has 0 saturated carbocycles. The van der Waals surface area contributed by atoms with Crippen molar-refractivity contribution in [2.24, 2.45) is 0 Å². The molecule has 1 aliphatic heterocycles. The van der Waals surface area contributed by atoms with E-state index in [1.165, 1.54) is 29.4 Å². The molecular weight excluding hydrogens is 250 g/mol. The van der Waals surface area contributed by atoms with Crippen LogP contribution in [0.25, 0.3) is 0 Å². The third-order valence-electron chi connectivity index (χ3n) is 3.15. The van der Waals surface area contributed by atoms with Gasteiger partial charge in [-0.25, -0.2) is 9.97 Å². The van der Waals surface area contributed by atoms with Gasteiger partial charge in [-0.05, 0) is 19.4 Å². The molecule has 0 bridgehead atoms. The van der Waals surface area contributed by atoms with Crippen molar-refractivity contribution < 1.29 is 0 Å².